The number of carbonyl (C=O) groups is 1. The molecular weight excluding hydrogens is 445 g/mol. The first kappa shape index (κ1) is 21.0. The number of nitrogens with one attached hydrogen (secondary N) is 2. The van der Waals surface area contributed by atoms with Gasteiger partial charge in [-0.05, 0) is 42.5 Å². The zero-order valence-corrected chi connectivity index (χ0v) is 16.7. The van der Waals surface area contributed by atoms with Gasteiger partial charge >= 0.3 is 0 Å². The third kappa shape index (κ3) is 4.67. The summed E-state index contributed by atoms with van der Waals surface area (Å²) in [5, 5.41) is 2.33. The highest BCUT2D eigenvalue weighted by molar-refractivity contribution is 7.92. The number of hydrogen-bond acceptors (Lipinski definition) is 3. The average molecular weight is 457 g/mol. The number of sulfonamides is 1. The molecule has 0 radical (unpaired) electrons. The van der Waals surface area contributed by atoms with Gasteiger partial charge in [0.25, 0.3) is 15.9 Å². The van der Waals surface area contributed by atoms with Crippen LogP contribution in [0.1, 0.15) is 10.4 Å². The van der Waals surface area contributed by atoms with E-state index in [0.717, 1.165) is 18.2 Å². The molecule has 0 aliphatic carbocycles. The van der Waals surface area contributed by atoms with Crippen LogP contribution in [0.4, 0.5) is 20.2 Å². The third-order valence-corrected chi connectivity index (χ3v) is 5.79. The van der Waals surface area contributed by atoms with Crippen molar-refractivity contribution in [3.05, 3.63) is 87.9 Å². The average Bonchev–Trinajstić information content (AvgIpc) is 2.66. The Morgan fingerprint density at radius 1 is 0.862 bits per heavy atom. The van der Waals surface area contributed by atoms with Crippen molar-refractivity contribution in [1.82, 2.24) is 0 Å². The van der Waals surface area contributed by atoms with Crippen molar-refractivity contribution in [3.63, 3.8) is 0 Å². The molecule has 5 nitrogen and oxygen atoms in total. The highest BCUT2D eigenvalue weighted by atomic mass is 35.5. The van der Waals surface area contributed by atoms with Crippen LogP contribution in [0.15, 0.2) is 65.6 Å². The van der Waals surface area contributed by atoms with Crippen LogP contribution in [0.3, 0.4) is 0 Å². The van der Waals surface area contributed by atoms with Crippen LogP contribution in [0, 0.1) is 11.6 Å². The van der Waals surface area contributed by atoms with Gasteiger partial charge in [0.1, 0.15) is 11.6 Å². The lowest BCUT2D eigenvalue weighted by molar-refractivity contribution is 0.102. The number of benzene rings is 3. The first-order valence-corrected chi connectivity index (χ1v) is 10.3. The maximum absolute atomic E-state index is 14.4. The molecule has 0 aliphatic rings. The second-order valence-electron chi connectivity index (χ2n) is 5.78. The molecule has 0 aromatic heterocycles. The molecule has 0 aliphatic heterocycles. The molecule has 0 unspecified atom stereocenters. The first-order chi connectivity index (χ1) is 13.7. The molecule has 3 rings (SSSR count). The lowest BCUT2D eigenvalue weighted by Gasteiger charge is -2.12. The van der Waals surface area contributed by atoms with Crippen molar-refractivity contribution in [1.29, 1.82) is 0 Å². The van der Waals surface area contributed by atoms with Crippen molar-refractivity contribution in [2.24, 2.45) is 0 Å². The fourth-order valence-electron chi connectivity index (χ4n) is 2.39. The SMILES string of the molecule is O=C(Nc1ccc(S(=O)(=O)Nc2c(Cl)cccc2Cl)cc1F)c1ccccc1F. The minimum absolute atomic E-state index is 0.0480. The van der Waals surface area contributed by atoms with Gasteiger partial charge in [0.05, 0.1) is 31.9 Å². The quantitative estimate of drug-likeness (QED) is 0.544. The molecule has 10 heteroatoms. The Labute approximate surface area is 175 Å². The summed E-state index contributed by atoms with van der Waals surface area (Å²) < 4.78 is 55.3. The van der Waals surface area contributed by atoms with Crippen LogP contribution in [0.2, 0.25) is 10.0 Å². The Bertz CT molecular complexity index is 1180. The highest BCUT2D eigenvalue weighted by Crippen LogP contribution is 2.32. The molecular formula is C19H12Cl2F2N2O3S. The van der Waals surface area contributed by atoms with E-state index in [1.165, 1.54) is 36.4 Å². The van der Waals surface area contributed by atoms with Gasteiger partial charge in [0, 0.05) is 0 Å². The molecule has 0 bridgehead atoms. The number of amides is 1. The van der Waals surface area contributed by atoms with Crippen LogP contribution >= 0.6 is 23.2 Å². The monoisotopic (exact) mass is 456 g/mol. The molecule has 0 atom stereocenters. The molecule has 29 heavy (non-hydrogen) atoms. The summed E-state index contributed by atoms with van der Waals surface area (Å²) in [6.45, 7) is 0. The number of hydrogen-bond donors (Lipinski definition) is 2. The van der Waals surface area contributed by atoms with E-state index in [1.54, 1.807) is 0 Å². The van der Waals surface area contributed by atoms with Gasteiger partial charge in [0.2, 0.25) is 0 Å². The first-order valence-electron chi connectivity index (χ1n) is 8.01. The second-order valence-corrected chi connectivity index (χ2v) is 8.27. The Kier molecular flexibility index (Phi) is 6.07. The van der Waals surface area contributed by atoms with Gasteiger partial charge in [-0.25, -0.2) is 17.2 Å². The van der Waals surface area contributed by atoms with Gasteiger partial charge in [-0.2, -0.15) is 0 Å². The summed E-state index contributed by atoms with van der Waals surface area (Å²) in [4.78, 5) is 11.7. The van der Waals surface area contributed by atoms with Crippen molar-refractivity contribution >= 4 is 50.5 Å². The Hall–Kier alpha value is -2.68. The van der Waals surface area contributed by atoms with Crippen molar-refractivity contribution in [2.45, 2.75) is 4.90 Å². The van der Waals surface area contributed by atoms with Crippen LogP contribution in [0.25, 0.3) is 0 Å². The molecule has 0 heterocycles. The summed E-state index contributed by atoms with van der Waals surface area (Å²) in [6, 6.07) is 12.4. The molecule has 1 amide bonds. The Morgan fingerprint density at radius 3 is 2.14 bits per heavy atom. The van der Waals surface area contributed by atoms with E-state index in [4.69, 9.17) is 23.2 Å². The van der Waals surface area contributed by atoms with E-state index in [-0.39, 0.29) is 27.0 Å². The molecule has 0 fully saturated rings. The van der Waals surface area contributed by atoms with Gasteiger partial charge < -0.3 is 5.32 Å². The smallest absolute Gasteiger partial charge is 0.262 e. The molecule has 0 spiro atoms. The van der Waals surface area contributed by atoms with Gasteiger partial charge in [-0.3, -0.25) is 9.52 Å². The predicted octanol–water partition coefficient (Wildman–Crippen LogP) is 5.32. The maximum atomic E-state index is 14.4. The number of carbonyl (C=O) groups excluding carboxylic acids is 1. The summed E-state index contributed by atoms with van der Waals surface area (Å²) >= 11 is 11.9. The van der Waals surface area contributed by atoms with Crippen molar-refractivity contribution in [3.8, 4) is 0 Å². The Balaban J connectivity index is 1.85. The summed E-state index contributed by atoms with van der Waals surface area (Å²) in [5.41, 5.74) is -0.639. The Morgan fingerprint density at radius 2 is 1.52 bits per heavy atom. The number of para-hydroxylation sites is 1. The minimum Gasteiger partial charge on any atom is -0.319 e. The zero-order chi connectivity index (χ0) is 21.2. The lowest BCUT2D eigenvalue weighted by atomic mass is 10.2. The predicted molar refractivity (Wildman–Crippen MR) is 108 cm³/mol. The fraction of sp³-hybridized carbons (Fsp3) is 0. The highest BCUT2D eigenvalue weighted by Gasteiger charge is 2.20. The molecule has 3 aromatic carbocycles. The topological polar surface area (TPSA) is 75.3 Å². The van der Waals surface area contributed by atoms with Crippen LogP contribution in [-0.4, -0.2) is 14.3 Å². The normalized spacial score (nSPS) is 11.2. The third-order valence-electron chi connectivity index (χ3n) is 3.82. The molecule has 0 saturated heterocycles. The van der Waals surface area contributed by atoms with E-state index >= 15 is 0 Å². The van der Waals surface area contributed by atoms with Gasteiger partial charge in [-0.15, -0.1) is 0 Å². The zero-order valence-electron chi connectivity index (χ0n) is 14.4. The van der Waals surface area contributed by atoms with E-state index in [2.05, 4.69) is 10.0 Å². The molecule has 150 valence electrons. The maximum Gasteiger partial charge on any atom is 0.262 e. The van der Waals surface area contributed by atoms with Gasteiger partial charge in [0.15, 0.2) is 0 Å². The van der Waals surface area contributed by atoms with E-state index in [1.807, 2.05) is 0 Å². The van der Waals surface area contributed by atoms with E-state index in [0.29, 0.717) is 6.07 Å². The summed E-state index contributed by atoms with van der Waals surface area (Å²) in [6.07, 6.45) is 0. The van der Waals surface area contributed by atoms with Crippen molar-refractivity contribution in [2.75, 3.05) is 10.0 Å². The number of rotatable bonds is 5. The minimum atomic E-state index is -4.22. The molecule has 3 aromatic rings. The molecule has 0 saturated carbocycles. The van der Waals surface area contributed by atoms with Crippen LogP contribution < -0.4 is 10.0 Å². The van der Waals surface area contributed by atoms with Gasteiger partial charge in [-0.1, -0.05) is 41.4 Å². The largest absolute Gasteiger partial charge is 0.319 e. The lowest BCUT2D eigenvalue weighted by Crippen LogP contribution is -2.16. The molecule has 2 N–H and O–H groups in total. The second kappa shape index (κ2) is 8.36. The summed E-state index contributed by atoms with van der Waals surface area (Å²) in [5.74, 6) is -2.67. The fourth-order valence-corrected chi connectivity index (χ4v) is 4.10. The van der Waals surface area contributed by atoms with Crippen LogP contribution in [-0.2, 0) is 10.0 Å². The number of anilines is 2. The number of halogens is 4. The van der Waals surface area contributed by atoms with Crippen molar-refractivity contribution < 1.29 is 22.0 Å². The van der Waals surface area contributed by atoms with Crippen LogP contribution in [0.5, 0.6) is 0 Å². The standard InChI is InChI=1S/C19H12Cl2F2N2O3S/c20-13-5-3-6-14(21)18(13)25-29(27,28)11-8-9-17(16(23)10-11)24-19(26)12-4-1-2-7-15(12)22/h1-10,25H,(H,24,26). The van der Waals surface area contributed by atoms with E-state index < -0.39 is 32.5 Å². The van der Waals surface area contributed by atoms with E-state index in [9.17, 15) is 22.0 Å². The summed E-state index contributed by atoms with van der Waals surface area (Å²) in [7, 11) is -4.22.